The Hall–Kier alpha value is -0.400. The molecule has 0 atom stereocenters. The van der Waals surface area contributed by atoms with E-state index in [1.807, 2.05) is 0 Å². The fourth-order valence-corrected chi connectivity index (χ4v) is 4.93. The van der Waals surface area contributed by atoms with Crippen molar-refractivity contribution in [3.63, 3.8) is 0 Å². The Morgan fingerprint density at radius 2 is 1.27 bits per heavy atom. The fourth-order valence-electron chi connectivity index (χ4n) is 0.922. The number of hydrogen-bond donors (Lipinski definition) is 0. The van der Waals surface area contributed by atoms with Crippen molar-refractivity contribution in [2.45, 2.75) is 22.3 Å². The monoisotopic (exact) mass is 268 g/mol. The molecule has 0 unspecified atom stereocenters. The van der Waals surface area contributed by atoms with Gasteiger partial charge in [0.05, 0.1) is 11.5 Å². The van der Waals surface area contributed by atoms with Gasteiger partial charge in [-0.3, -0.25) is 0 Å². The van der Waals surface area contributed by atoms with E-state index in [2.05, 4.69) is 0 Å². The van der Waals surface area contributed by atoms with Crippen molar-refractivity contribution in [3.05, 3.63) is 12.1 Å². The molecule has 86 valence electrons. The van der Waals surface area contributed by atoms with Gasteiger partial charge in [-0.15, -0.1) is 11.3 Å². The summed E-state index contributed by atoms with van der Waals surface area (Å²) in [7, 11) is -6.58. The third kappa shape index (κ3) is 2.59. The molecule has 0 aliphatic rings. The first-order valence-corrected chi connectivity index (χ1v) is 8.51. The molecule has 0 aliphatic carbocycles. The van der Waals surface area contributed by atoms with Gasteiger partial charge >= 0.3 is 0 Å². The Labute approximate surface area is 93.8 Å². The Morgan fingerprint density at radius 1 is 0.933 bits per heavy atom. The van der Waals surface area contributed by atoms with Crippen molar-refractivity contribution in [2.24, 2.45) is 0 Å². The van der Waals surface area contributed by atoms with Gasteiger partial charge in [0.2, 0.25) is 0 Å². The molecule has 0 N–H and O–H groups in total. The highest BCUT2D eigenvalue weighted by Gasteiger charge is 2.19. The Morgan fingerprint density at radius 3 is 1.53 bits per heavy atom. The van der Waals surface area contributed by atoms with Crippen LogP contribution in [0.25, 0.3) is 0 Å². The first kappa shape index (κ1) is 12.7. The standard InChI is InChI=1S/C8H12O4S3/c1-3-14(9,10)7-5-6-8(13-7)15(11,12)4-2/h5-6H,3-4H2,1-2H3. The molecule has 1 rings (SSSR count). The van der Waals surface area contributed by atoms with Gasteiger partial charge in [0.25, 0.3) is 0 Å². The molecule has 4 nitrogen and oxygen atoms in total. The molecule has 0 spiro atoms. The molecule has 0 radical (unpaired) electrons. The lowest BCUT2D eigenvalue weighted by Crippen LogP contribution is -2.01. The molecule has 7 heteroatoms. The largest absolute Gasteiger partial charge is 0.223 e. The van der Waals surface area contributed by atoms with Gasteiger partial charge in [-0.25, -0.2) is 16.8 Å². The van der Waals surface area contributed by atoms with Gasteiger partial charge in [0.1, 0.15) is 8.42 Å². The molecule has 0 aliphatic heterocycles. The first-order valence-electron chi connectivity index (χ1n) is 4.39. The molecule has 15 heavy (non-hydrogen) atoms. The molecular formula is C8H12O4S3. The Balaban J connectivity index is 3.23. The summed E-state index contributed by atoms with van der Waals surface area (Å²) >= 11 is 0.820. The minimum Gasteiger partial charge on any atom is -0.223 e. The highest BCUT2D eigenvalue weighted by Crippen LogP contribution is 2.26. The summed E-state index contributed by atoms with van der Waals surface area (Å²) in [4.78, 5) is 0. The van der Waals surface area contributed by atoms with Crippen LogP contribution >= 0.6 is 11.3 Å². The van der Waals surface area contributed by atoms with E-state index in [-0.39, 0.29) is 19.9 Å². The number of rotatable bonds is 4. The van der Waals surface area contributed by atoms with E-state index in [9.17, 15) is 16.8 Å². The van der Waals surface area contributed by atoms with Crippen LogP contribution in [-0.2, 0) is 19.7 Å². The van der Waals surface area contributed by atoms with Gasteiger partial charge in [-0.2, -0.15) is 0 Å². The minimum atomic E-state index is -3.29. The van der Waals surface area contributed by atoms with Gasteiger partial charge in [0, 0.05) is 0 Å². The van der Waals surface area contributed by atoms with Crippen LogP contribution in [0.5, 0.6) is 0 Å². The molecule has 0 aromatic carbocycles. The quantitative estimate of drug-likeness (QED) is 0.826. The summed E-state index contributed by atoms with van der Waals surface area (Å²) in [5.74, 6) is -0.0295. The van der Waals surface area contributed by atoms with Crippen LogP contribution in [0.15, 0.2) is 20.6 Å². The normalized spacial score (nSPS) is 12.9. The molecule has 0 saturated heterocycles. The second kappa shape index (κ2) is 4.23. The average Bonchev–Trinajstić information content (AvgIpc) is 2.67. The number of thiophene rings is 1. The van der Waals surface area contributed by atoms with E-state index in [0.717, 1.165) is 11.3 Å². The average molecular weight is 268 g/mol. The summed E-state index contributed by atoms with van der Waals surface area (Å²) < 4.78 is 46.0. The highest BCUT2D eigenvalue weighted by molar-refractivity contribution is 7.95. The maximum absolute atomic E-state index is 11.4. The number of hydrogen-bond acceptors (Lipinski definition) is 5. The lowest BCUT2D eigenvalue weighted by molar-refractivity contribution is 0.598. The zero-order chi connectivity index (χ0) is 11.7. The lowest BCUT2D eigenvalue weighted by Gasteiger charge is -1.96. The second-order valence-electron chi connectivity index (χ2n) is 2.88. The van der Waals surface area contributed by atoms with E-state index in [1.165, 1.54) is 26.0 Å². The van der Waals surface area contributed by atoms with Crippen LogP contribution in [-0.4, -0.2) is 28.3 Å². The van der Waals surface area contributed by atoms with Crippen molar-refractivity contribution in [2.75, 3.05) is 11.5 Å². The van der Waals surface area contributed by atoms with E-state index in [4.69, 9.17) is 0 Å². The van der Waals surface area contributed by atoms with E-state index >= 15 is 0 Å². The Bertz CT molecular complexity index is 488. The van der Waals surface area contributed by atoms with Crippen molar-refractivity contribution < 1.29 is 16.8 Å². The summed E-state index contributed by atoms with van der Waals surface area (Å²) in [6.45, 7) is 3.06. The Kier molecular flexibility index (Phi) is 3.57. The van der Waals surface area contributed by atoms with Crippen LogP contribution in [0.4, 0.5) is 0 Å². The summed E-state index contributed by atoms with van der Waals surface area (Å²) in [6.07, 6.45) is 0. The predicted octanol–water partition coefficient (Wildman–Crippen LogP) is 1.34. The van der Waals surface area contributed by atoms with Crippen LogP contribution in [0.1, 0.15) is 13.8 Å². The van der Waals surface area contributed by atoms with Crippen molar-refractivity contribution >= 4 is 31.0 Å². The molecule has 1 heterocycles. The van der Waals surface area contributed by atoms with Crippen LogP contribution in [0.2, 0.25) is 0 Å². The third-order valence-corrected chi connectivity index (χ3v) is 7.65. The first-order chi connectivity index (χ1) is 6.83. The summed E-state index contributed by atoms with van der Waals surface area (Å²) in [6, 6.07) is 2.71. The summed E-state index contributed by atoms with van der Waals surface area (Å²) in [5.41, 5.74) is 0. The van der Waals surface area contributed by atoms with Crippen LogP contribution < -0.4 is 0 Å². The third-order valence-electron chi connectivity index (χ3n) is 1.93. The van der Waals surface area contributed by atoms with Crippen molar-refractivity contribution in [3.8, 4) is 0 Å². The van der Waals surface area contributed by atoms with Crippen molar-refractivity contribution in [1.29, 1.82) is 0 Å². The summed E-state index contributed by atoms with van der Waals surface area (Å²) in [5, 5.41) is 0. The zero-order valence-corrected chi connectivity index (χ0v) is 10.9. The smallest absolute Gasteiger partial charge is 0.187 e. The molecule has 0 saturated carbocycles. The maximum atomic E-state index is 11.4. The molecule has 0 amide bonds. The highest BCUT2D eigenvalue weighted by atomic mass is 32.3. The number of sulfone groups is 2. The van der Waals surface area contributed by atoms with Crippen LogP contribution in [0.3, 0.4) is 0 Å². The van der Waals surface area contributed by atoms with Gasteiger partial charge < -0.3 is 0 Å². The molecule has 0 bridgehead atoms. The topological polar surface area (TPSA) is 68.3 Å². The van der Waals surface area contributed by atoms with E-state index in [0.29, 0.717) is 0 Å². The second-order valence-corrected chi connectivity index (χ2v) is 8.97. The predicted molar refractivity (Wildman–Crippen MR) is 59.8 cm³/mol. The molecular weight excluding hydrogens is 256 g/mol. The fraction of sp³-hybridized carbons (Fsp3) is 0.500. The van der Waals surface area contributed by atoms with Gasteiger partial charge in [0.15, 0.2) is 19.7 Å². The molecule has 1 aromatic rings. The van der Waals surface area contributed by atoms with Crippen LogP contribution in [0, 0.1) is 0 Å². The zero-order valence-electron chi connectivity index (χ0n) is 8.43. The SMILES string of the molecule is CCS(=O)(=O)c1ccc(S(=O)(=O)CC)s1. The van der Waals surface area contributed by atoms with Crippen molar-refractivity contribution in [1.82, 2.24) is 0 Å². The van der Waals surface area contributed by atoms with E-state index in [1.54, 1.807) is 0 Å². The maximum Gasteiger partial charge on any atom is 0.187 e. The lowest BCUT2D eigenvalue weighted by atomic mass is 10.7. The molecule has 1 aromatic heterocycles. The molecule has 0 fully saturated rings. The van der Waals surface area contributed by atoms with E-state index < -0.39 is 19.7 Å². The minimum absolute atomic E-state index is 0.0148. The van der Waals surface area contributed by atoms with Gasteiger partial charge in [-0.05, 0) is 12.1 Å². The van der Waals surface area contributed by atoms with Gasteiger partial charge in [-0.1, -0.05) is 13.8 Å².